The van der Waals surface area contributed by atoms with E-state index < -0.39 is 30.7 Å². The van der Waals surface area contributed by atoms with Crippen LogP contribution in [0.2, 0.25) is 0 Å². The van der Waals surface area contributed by atoms with E-state index in [1.165, 1.54) is 12.3 Å². The van der Waals surface area contributed by atoms with Crippen LogP contribution >= 0.6 is 0 Å². The van der Waals surface area contributed by atoms with Gasteiger partial charge in [0.1, 0.15) is 13.1 Å². The predicted octanol–water partition coefficient (Wildman–Crippen LogP) is 0.886. The molecule has 0 saturated heterocycles. The van der Waals surface area contributed by atoms with Crippen LogP contribution in [0.15, 0.2) is 17.1 Å². The molecule has 116 valence electrons. The quantitative estimate of drug-likeness (QED) is 0.847. The highest BCUT2D eigenvalue weighted by atomic mass is 19.4. The molecule has 2 N–H and O–H groups in total. The second-order valence-corrected chi connectivity index (χ2v) is 4.90. The van der Waals surface area contributed by atoms with Crippen molar-refractivity contribution in [1.29, 1.82) is 0 Å². The lowest BCUT2D eigenvalue weighted by molar-refractivity contribution is -0.138. The summed E-state index contributed by atoms with van der Waals surface area (Å²) in [6, 6.07) is 1.61. The summed E-state index contributed by atoms with van der Waals surface area (Å²) in [5, 5.41) is 8.58. The minimum atomic E-state index is -4.48. The average molecular weight is 304 g/mol. The van der Waals surface area contributed by atoms with E-state index in [1.807, 2.05) is 0 Å². The van der Waals surface area contributed by atoms with E-state index >= 15 is 0 Å². The largest absolute Gasteiger partial charge is 0.405 e. The van der Waals surface area contributed by atoms with Gasteiger partial charge in [0, 0.05) is 12.1 Å². The maximum Gasteiger partial charge on any atom is 0.405 e. The Balaban J connectivity index is 1.91. The summed E-state index contributed by atoms with van der Waals surface area (Å²) in [4.78, 5) is 23.0. The van der Waals surface area contributed by atoms with Crippen molar-refractivity contribution >= 4 is 11.6 Å². The zero-order valence-electron chi connectivity index (χ0n) is 11.1. The third-order valence-electron chi connectivity index (χ3n) is 3.12. The Bertz CT molecular complexity index is 566. The molecule has 1 aromatic heterocycles. The van der Waals surface area contributed by atoms with E-state index in [0.717, 1.165) is 23.9 Å². The molecule has 6 nitrogen and oxygen atoms in total. The summed E-state index contributed by atoms with van der Waals surface area (Å²) in [5.41, 5.74) is 0.0122. The van der Waals surface area contributed by atoms with Crippen LogP contribution < -0.4 is 16.2 Å². The Morgan fingerprint density at radius 2 is 2.14 bits per heavy atom. The van der Waals surface area contributed by atoms with Crippen LogP contribution in [-0.2, 0) is 11.3 Å². The number of carbonyl (C=O) groups is 1. The maximum atomic E-state index is 11.9. The third kappa shape index (κ3) is 4.76. The molecule has 0 spiro atoms. The summed E-state index contributed by atoms with van der Waals surface area (Å²) in [5.74, 6) is -0.915. The van der Waals surface area contributed by atoms with Crippen molar-refractivity contribution in [1.82, 2.24) is 15.1 Å². The molecule has 1 aliphatic carbocycles. The van der Waals surface area contributed by atoms with Crippen molar-refractivity contribution in [3.8, 4) is 0 Å². The third-order valence-corrected chi connectivity index (χ3v) is 3.12. The van der Waals surface area contributed by atoms with Crippen LogP contribution in [-0.4, -0.2) is 34.5 Å². The lowest BCUT2D eigenvalue weighted by atomic mass is 9.93. The molecule has 0 aliphatic heterocycles. The van der Waals surface area contributed by atoms with Gasteiger partial charge in [-0.15, -0.1) is 0 Å². The SMILES string of the molecule is O=C(Cn1ncc(NC2CCC2)cc1=O)NCC(F)(F)F. The monoisotopic (exact) mass is 304 g/mol. The number of carbonyl (C=O) groups excluding carboxylic acids is 1. The smallest absolute Gasteiger partial charge is 0.381 e. The zero-order chi connectivity index (χ0) is 15.5. The van der Waals surface area contributed by atoms with Gasteiger partial charge < -0.3 is 10.6 Å². The van der Waals surface area contributed by atoms with Gasteiger partial charge in [-0.05, 0) is 19.3 Å². The van der Waals surface area contributed by atoms with Gasteiger partial charge in [-0.2, -0.15) is 18.3 Å². The number of nitrogens with one attached hydrogen (secondary N) is 2. The average Bonchev–Trinajstić information content (AvgIpc) is 2.34. The van der Waals surface area contributed by atoms with Gasteiger partial charge in [0.15, 0.2) is 0 Å². The van der Waals surface area contributed by atoms with Crippen LogP contribution in [0.25, 0.3) is 0 Å². The summed E-state index contributed by atoms with van der Waals surface area (Å²) in [7, 11) is 0. The van der Waals surface area contributed by atoms with Crippen molar-refractivity contribution in [3.63, 3.8) is 0 Å². The highest BCUT2D eigenvalue weighted by molar-refractivity contribution is 5.75. The summed E-state index contributed by atoms with van der Waals surface area (Å²) >= 11 is 0. The van der Waals surface area contributed by atoms with Crippen LogP contribution in [0.3, 0.4) is 0 Å². The van der Waals surface area contributed by atoms with Gasteiger partial charge in [-0.3, -0.25) is 9.59 Å². The number of rotatable bonds is 5. The molecule has 9 heteroatoms. The highest BCUT2D eigenvalue weighted by Gasteiger charge is 2.27. The Morgan fingerprint density at radius 1 is 1.43 bits per heavy atom. The summed E-state index contributed by atoms with van der Waals surface area (Å²) < 4.78 is 36.6. The highest BCUT2D eigenvalue weighted by Crippen LogP contribution is 2.21. The van der Waals surface area contributed by atoms with E-state index in [0.29, 0.717) is 11.7 Å². The molecular formula is C12H15F3N4O2. The topological polar surface area (TPSA) is 76.0 Å². The number of halogens is 3. The normalized spacial score (nSPS) is 15.4. The van der Waals surface area contributed by atoms with E-state index in [1.54, 1.807) is 5.32 Å². The molecule has 1 aromatic rings. The second kappa shape index (κ2) is 6.15. The number of hydrogen-bond donors (Lipinski definition) is 2. The standard InChI is InChI=1S/C12H15F3N4O2/c13-12(14,15)7-16-10(20)6-19-11(21)4-9(5-17-19)18-8-2-1-3-8/h4-5,8,18H,1-3,6-7H2,(H,16,20). The fourth-order valence-electron chi connectivity index (χ4n) is 1.81. The number of aromatic nitrogens is 2. The first-order chi connectivity index (χ1) is 9.83. The number of nitrogens with zero attached hydrogens (tertiary/aromatic N) is 2. The number of anilines is 1. The number of alkyl halides is 3. The zero-order valence-corrected chi connectivity index (χ0v) is 11.1. The first-order valence-electron chi connectivity index (χ1n) is 6.51. The minimum Gasteiger partial charge on any atom is -0.381 e. The van der Waals surface area contributed by atoms with Crippen molar-refractivity contribution in [2.45, 2.75) is 38.0 Å². The molecule has 1 aliphatic rings. The van der Waals surface area contributed by atoms with Crippen LogP contribution in [0.4, 0.5) is 18.9 Å². The van der Waals surface area contributed by atoms with Gasteiger partial charge >= 0.3 is 6.18 Å². The first-order valence-corrected chi connectivity index (χ1v) is 6.51. The van der Waals surface area contributed by atoms with Gasteiger partial charge in [-0.25, -0.2) is 4.68 Å². The Morgan fingerprint density at radius 3 is 2.67 bits per heavy atom. The van der Waals surface area contributed by atoms with Crippen molar-refractivity contribution in [2.24, 2.45) is 0 Å². The summed E-state index contributed by atoms with van der Waals surface area (Å²) in [6.45, 7) is -1.97. The van der Waals surface area contributed by atoms with Crippen molar-refractivity contribution < 1.29 is 18.0 Å². The molecule has 0 bridgehead atoms. The fourth-order valence-corrected chi connectivity index (χ4v) is 1.81. The van der Waals surface area contributed by atoms with Gasteiger partial charge in [0.05, 0.1) is 11.9 Å². The number of amides is 1. The summed E-state index contributed by atoms with van der Waals surface area (Å²) in [6.07, 6.45) is 0.106. The fraction of sp³-hybridized carbons (Fsp3) is 0.583. The molecule has 0 unspecified atom stereocenters. The molecule has 1 fully saturated rings. The number of hydrogen-bond acceptors (Lipinski definition) is 4. The second-order valence-electron chi connectivity index (χ2n) is 4.90. The van der Waals surface area contributed by atoms with Crippen molar-refractivity contribution in [2.75, 3.05) is 11.9 Å². The Labute approximate surface area is 118 Å². The molecule has 2 rings (SSSR count). The Kier molecular flexibility index (Phi) is 4.49. The Hall–Kier alpha value is -2.06. The van der Waals surface area contributed by atoms with E-state index in [4.69, 9.17) is 0 Å². The molecule has 1 saturated carbocycles. The predicted molar refractivity (Wildman–Crippen MR) is 68.8 cm³/mol. The van der Waals surface area contributed by atoms with Crippen LogP contribution in [0.1, 0.15) is 19.3 Å². The minimum absolute atomic E-state index is 0.331. The van der Waals surface area contributed by atoms with E-state index in [9.17, 15) is 22.8 Å². The molecule has 1 amide bonds. The molecule has 1 heterocycles. The lowest BCUT2D eigenvalue weighted by Gasteiger charge is -2.27. The van der Waals surface area contributed by atoms with E-state index in [2.05, 4.69) is 10.4 Å². The van der Waals surface area contributed by atoms with Gasteiger partial charge in [0.2, 0.25) is 5.91 Å². The molecule has 0 atom stereocenters. The van der Waals surface area contributed by atoms with Crippen LogP contribution in [0, 0.1) is 0 Å². The lowest BCUT2D eigenvalue weighted by Crippen LogP contribution is -2.38. The maximum absolute atomic E-state index is 11.9. The molecular weight excluding hydrogens is 289 g/mol. The van der Waals surface area contributed by atoms with Crippen LogP contribution in [0.5, 0.6) is 0 Å². The molecule has 0 aromatic carbocycles. The molecule has 21 heavy (non-hydrogen) atoms. The first kappa shape index (κ1) is 15.3. The van der Waals surface area contributed by atoms with Crippen molar-refractivity contribution in [3.05, 3.63) is 22.6 Å². The van der Waals surface area contributed by atoms with Gasteiger partial charge in [-0.1, -0.05) is 0 Å². The van der Waals surface area contributed by atoms with Gasteiger partial charge in [0.25, 0.3) is 5.56 Å². The molecule has 0 radical (unpaired) electrons. The van der Waals surface area contributed by atoms with E-state index in [-0.39, 0.29) is 0 Å².